The first-order chi connectivity index (χ1) is 3.71. The molecule has 0 aromatic carbocycles. The molecule has 0 aliphatic carbocycles. The van der Waals surface area contributed by atoms with Crippen LogP contribution in [-0.2, 0) is 23.6 Å². The molecule has 9 heavy (non-hydrogen) atoms. The maximum Gasteiger partial charge on any atom is 0.00515 e. The molecule has 0 atom stereocenters. The van der Waals surface area contributed by atoms with Gasteiger partial charge >= 0.3 is 0 Å². The van der Waals surface area contributed by atoms with Gasteiger partial charge in [-0.05, 0) is 38.7 Å². The lowest BCUT2D eigenvalue weighted by Crippen LogP contribution is -1.84. The molecule has 0 amide bonds. The Hall–Kier alpha value is 1.30. The zero-order chi connectivity index (χ0) is 7.71. The van der Waals surface area contributed by atoms with Gasteiger partial charge < -0.3 is 0 Å². The van der Waals surface area contributed by atoms with Crippen LogP contribution in [0, 0.1) is 0 Å². The van der Waals surface area contributed by atoms with Gasteiger partial charge in [-0.3, -0.25) is 0 Å². The molecule has 0 unspecified atom stereocenters. The standard InChI is InChI=1S/C5H14P2S2/c1-6(2,8)5-7(3,4)9/h5H2,1-4H3. The first-order valence-corrected chi connectivity index (χ1v) is 10.6. The van der Waals surface area contributed by atoms with Gasteiger partial charge in [-0.15, -0.1) is 0 Å². The van der Waals surface area contributed by atoms with Gasteiger partial charge in [0.15, 0.2) is 0 Å². The zero-order valence-electron chi connectivity index (χ0n) is 6.42. The van der Waals surface area contributed by atoms with E-state index in [-0.39, 0.29) is 0 Å². The fourth-order valence-electron chi connectivity index (χ4n) is 0.820. The molecule has 0 bridgehead atoms. The van der Waals surface area contributed by atoms with Crippen LogP contribution in [0.25, 0.3) is 0 Å². The van der Waals surface area contributed by atoms with Gasteiger partial charge in [-0.25, -0.2) is 0 Å². The smallest absolute Gasteiger partial charge is 0.00515 e. The van der Waals surface area contributed by atoms with Gasteiger partial charge in [0.05, 0.1) is 0 Å². The molecule has 0 spiro atoms. The summed E-state index contributed by atoms with van der Waals surface area (Å²) in [4.78, 5) is 0. The van der Waals surface area contributed by atoms with E-state index in [0.29, 0.717) is 0 Å². The van der Waals surface area contributed by atoms with E-state index in [9.17, 15) is 0 Å². The van der Waals surface area contributed by atoms with Crippen LogP contribution >= 0.6 is 12.1 Å². The Morgan fingerprint density at radius 3 is 1.11 bits per heavy atom. The van der Waals surface area contributed by atoms with Gasteiger partial charge in [0, 0.05) is 5.90 Å². The van der Waals surface area contributed by atoms with Crippen molar-refractivity contribution in [2.24, 2.45) is 0 Å². The van der Waals surface area contributed by atoms with Crippen molar-refractivity contribution >= 4 is 35.7 Å². The quantitative estimate of drug-likeness (QED) is 0.628. The lowest BCUT2D eigenvalue weighted by molar-refractivity contribution is 1.94. The van der Waals surface area contributed by atoms with Gasteiger partial charge in [0.2, 0.25) is 0 Å². The Kier molecular flexibility index (Phi) is 3.59. The molecule has 56 valence electrons. The molecule has 0 aliphatic heterocycles. The Morgan fingerprint density at radius 1 is 0.889 bits per heavy atom. The van der Waals surface area contributed by atoms with E-state index in [1.54, 1.807) is 0 Å². The predicted molar refractivity (Wildman–Crippen MR) is 57.1 cm³/mol. The largest absolute Gasteiger partial charge is 0.0977 e. The number of hydrogen-bond acceptors (Lipinski definition) is 2. The molecule has 0 saturated heterocycles. The molecule has 4 heteroatoms. The summed E-state index contributed by atoms with van der Waals surface area (Å²) >= 11 is 10.6. The van der Waals surface area contributed by atoms with E-state index in [0.717, 1.165) is 5.90 Å². The monoisotopic (exact) mass is 200 g/mol. The molecule has 0 fully saturated rings. The minimum Gasteiger partial charge on any atom is -0.0977 e. The second kappa shape index (κ2) is 3.13. The normalized spacial score (nSPS) is 13.8. The van der Waals surface area contributed by atoms with Crippen molar-refractivity contribution in [3.8, 4) is 0 Å². The van der Waals surface area contributed by atoms with E-state index >= 15 is 0 Å². The van der Waals surface area contributed by atoms with Crippen LogP contribution in [0.3, 0.4) is 0 Å². The van der Waals surface area contributed by atoms with Crippen LogP contribution < -0.4 is 0 Å². The average Bonchev–Trinajstić information content (AvgIpc) is 1.14. The zero-order valence-corrected chi connectivity index (χ0v) is 9.84. The average molecular weight is 200 g/mol. The highest BCUT2D eigenvalue weighted by Crippen LogP contribution is 2.53. The lowest BCUT2D eigenvalue weighted by atomic mass is 11.8. The highest BCUT2D eigenvalue weighted by molar-refractivity contribution is 8.23. The van der Waals surface area contributed by atoms with Crippen molar-refractivity contribution in [2.45, 2.75) is 0 Å². The van der Waals surface area contributed by atoms with Crippen molar-refractivity contribution in [1.29, 1.82) is 0 Å². The van der Waals surface area contributed by atoms with E-state index in [2.05, 4.69) is 26.7 Å². The van der Waals surface area contributed by atoms with E-state index in [4.69, 9.17) is 23.6 Å². The maximum atomic E-state index is 5.31. The van der Waals surface area contributed by atoms with Crippen LogP contribution in [0.15, 0.2) is 0 Å². The van der Waals surface area contributed by atoms with Crippen LogP contribution in [0.4, 0.5) is 0 Å². The van der Waals surface area contributed by atoms with Crippen molar-refractivity contribution in [3.05, 3.63) is 0 Å². The van der Waals surface area contributed by atoms with Crippen molar-refractivity contribution in [1.82, 2.24) is 0 Å². The summed E-state index contributed by atoms with van der Waals surface area (Å²) in [6.07, 6.45) is 0. The summed E-state index contributed by atoms with van der Waals surface area (Å²) in [6.45, 7) is 8.71. The summed E-state index contributed by atoms with van der Waals surface area (Å²) in [5.41, 5.74) is 0. The Labute approximate surface area is 68.4 Å². The molecule has 0 radical (unpaired) electrons. The second-order valence-electron chi connectivity index (χ2n) is 3.29. The van der Waals surface area contributed by atoms with E-state index in [1.807, 2.05) is 0 Å². The van der Waals surface area contributed by atoms with Crippen molar-refractivity contribution in [3.63, 3.8) is 0 Å². The lowest BCUT2D eigenvalue weighted by Gasteiger charge is -2.15. The van der Waals surface area contributed by atoms with E-state index in [1.165, 1.54) is 0 Å². The minimum atomic E-state index is -1.01. The predicted octanol–water partition coefficient (Wildman–Crippen LogP) is 2.42. The molecular formula is C5H14P2S2. The molecule has 0 aromatic heterocycles. The molecular weight excluding hydrogens is 186 g/mol. The molecule has 0 rings (SSSR count). The summed E-state index contributed by atoms with van der Waals surface area (Å²) in [6, 6.07) is -2.02. The van der Waals surface area contributed by atoms with Gasteiger partial charge in [-0.2, -0.15) is 0 Å². The highest BCUT2D eigenvalue weighted by atomic mass is 32.5. The third kappa shape index (κ3) is 9.30. The van der Waals surface area contributed by atoms with Gasteiger partial charge in [0.1, 0.15) is 0 Å². The summed E-state index contributed by atoms with van der Waals surface area (Å²) in [5.74, 6) is 1.14. The van der Waals surface area contributed by atoms with Gasteiger partial charge in [0.25, 0.3) is 0 Å². The van der Waals surface area contributed by atoms with E-state index < -0.39 is 12.1 Å². The fraction of sp³-hybridized carbons (Fsp3) is 1.00. The Balaban J connectivity index is 4.07. The Morgan fingerprint density at radius 2 is 1.11 bits per heavy atom. The van der Waals surface area contributed by atoms with Crippen LogP contribution in [0.2, 0.25) is 0 Å². The third-order valence-electron chi connectivity index (χ3n) is 0.681. The summed E-state index contributed by atoms with van der Waals surface area (Å²) < 4.78 is 0. The first-order valence-electron chi connectivity index (χ1n) is 2.79. The molecule has 0 nitrogen and oxygen atoms in total. The van der Waals surface area contributed by atoms with Gasteiger partial charge in [-0.1, -0.05) is 23.6 Å². The number of rotatable bonds is 2. The summed E-state index contributed by atoms with van der Waals surface area (Å²) in [7, 11) is 0. The molecule has 0 N–H and O–H groups in total. The first kappa shape index (κ1) is 10.3. The van der Waals surface area contributed by atoms with Crippen LogP contribution in [0.5, 0.6) is 0 Å². The van der Waals surface area contributed by atoms with Crippen LogP contribution in [0.1, 0.15) is 0 Å². The maximum absolute atomic E-state index is 5.31. The fourth-order valence-corrected chi connectivity index (χ4v) is 13.2. The molecule has 0 heterocycles. The highest BCUT2D eigenvalue weighted by Gasteiger charge is 2.09. The minimum absolute atomic E-state index is 1.01. The molecule has 0 aromatic rings. The third-order valence-corrected chi connectivity index (χ3v) is 8.21. The van der Waals surface area contributed by atoms with Crippen LogP contribution in [-0.4, -0.2) is 32.6 Å². The second-order valence-corrected chi connectivity index (χ2v) is 16.6. The van der Waals surface area contributed by atoms with Crippen molar-refractivity contribution in [2.75, 3.05) is 32.6 Å². The SMILES string of the molecule is CP(C)(=S)CP(C)(C)=S. The number of hydrogen-bond donors (Lipinski definition) is 0. The summed E-state index contributed by atoms with van der Waals surface area (Å²) in [5, 5.41) is 0. The van der Waals surface area contributed by atoms with Crippen molar-refractivity contribution < 1.29 is 0 Å². The molecule has 0 aliphatic rings. The topological polar surface area (TPSA) is 0 Å². The molecule has 0 saturated carbocycles. The Bertz CT molecular complexity index is 153.